The number of halogens is 3. The number of hydrogen-bond donors (Lipinski definition) is 1. The molecule has 140 valence electrons. The van der Waals surface area contributed by atoms with Crippen molar-refractivity contribution >= 4 is 46.4 Å². The van der Waals surface area contributed by atoms with Crippen LogP contribution in [0.15, 0.2) is 30.3 Å². The maximum atomic E-state index is 12.4. The zero-order valence-electron chi connectivity index (χ0n) is 14.6. The van der Waals surface area contributed by atoms with E-state index in [4.69, 9.17) is 44.3 Å². The number of carbonyl (C=O) groups is 1. The SMILES string of the molecule is COc1cc(OC)c(NC(=O)CN(C)Cc2cccc(Cl)c2Cl)cc1Cl. The number of carbonyl (C=O) groups excluding carboxylic acids is 1. The van der Waals surface area contributed by atoms with Crippen LogP contribution in [-0.2, 0) is 11.3 Å². The minimum Gasteiger partial charge on any atom is -0.495 e. The van der Waals surface area contributed by atoms with Gasteiger partial charge in [0, 0.05) is 12.6 Å². The van der Waals surface area contributed by atoms with Gasteiger partial charge in [-0.15, -0.1) is 0 Å². The molecule has 0 aromatic heterocycles. The third-order valence-corrected chi connectivity index (χ3v) is 4.79. The Hall–Kier alpha value is -1.66. The first kappa shape index (κ1) is 20.6. The van der Waals surface area contributed by atoms with Crippen LogP contribution in [0.25, 0.3) is 0 Å². The van der Waals surface area contributed by atoms with Crippen LogP contribution in [0.4, 0.5) is 5.69 Å². The standard InChI is InChI=1S/C18H19Cl3N2O3/c1-23(9-11-5-4-6-12(19)18(11)21)10-17(24)22-14-7-13(20)15(25-2)8-16(14)26-3/h4-8H,9-10H2,1-3H3,(H,22,24). The molecule has 0 heterocycles. The van der Waals surface area contributed by atoms with Gasteiger partial charge in [0.1, 0.15) is 11.5 Å². The zero-order chi connectivity index (χ0) is 19.3. The molecule has 0 unspecified atom stereocenters. The molecule has 0 aliphatic heterocycles. The summed E-state index contributed by atoms with van der Waals surface area (Å²) in [6.45, 7) is 0.628. The van der Waals surface area contributed by atoms with Crippen LogP contribution < -0.4 is 14.8 Å². The number of ether oxygens (including phenoxy) is 2. The Kier molecular flexibility index (Phi) is 7.41. The highest BCUT2D eigenvalue weighted by Crippen LogP contribution is 2.35. The lowest BCUT2D eigenvalue weighted by atomic mass is 10.2. The van der Waals surface area contributed by atoms with Crippen molar-refractivity contribution in [2.75, 3.05) is 33.1 Å². The van der Waals surface area contributed by atoms with E-state index >= 15 is 0 Å². The van der Waals surface area contributed by atoms with Gasteiger partial charge < -0.3 is 14.8 Å². The number of likely N-dealkylation sites (N-methyl/N-ethyl adjacent to an activating group) is 1. The molecule has 26 heavy (non-hydrogen) atoms. The molecule has 0 fully saturated rings. The second-order valence-corrected chi connectivity index (χ2v) is 6.81. The second-order valence-electron chi connectivity index (χ2n) is 5.62. The van der Waals surface area contributed by atoms with Crippen LogP contribution in [0.5, 0.6) is 11.5 Å². The predicted octanol–water partition coefficient (Wildman–Crippen LogP) is 4.73. The Morgan fingerprint density at radius 2 is 1.77 bits per heavy atom. The number of nitrogens with one attached hydrogen (secondary N) is 1. The summed E-state index contributed by atoms with van der Waals surface area (Å²) in [6, 6.07) is 8.62. The minimum absolute atomic E-state index is 0.148. The van der Waals surface area contributed by atoms with Gasteiger partial charge in [0.15, 0.2) is 0 Å². The number of anilines is 1. The van der Waals surface area contributed by atoms with Gasteiger partial charge in [-0.1, -0.05) is 46.9 Å². The molecule has 0 saturated carbocycles. The van der Waals surface area contributed by atoms with Crippen molar-refractivity contribution in [3.8, 4) is 11.5 Å². The van der Waals surface area contributed by atoms with E-state index in [1.54, 1.807) is 18.2 Å². The lowest BCUT2D eigenvalue weighted by molar-refractivity contribution is -0.117. The van der Waals surface area contributed by atoms with E-state index in [0.717, 1.165) is 5.56 Å². The summed E-state index contributed by atoms with van der Waals surface area (Å²) < 4.78 is 10.4. The molecule has 1 N–H and O–H groups in total. The normalized spacial score (nSPS) is 10.7. The van der Waals surface area contributed by atoms with E-state index in [1.807, 2.05) is 24.1 Å². The molecule has 0 aliphatic carbocycles. The van der Waals surface area contributed by atoms with Gasteiger partial charge in [-0.05, 0) is 24.7 Å². The van der Waals surface area contributed by atoms with Crippen molar-refractivity contribution in [3.63, 3.8) is 0 Å². The van der Waals surface area contributed by atoms with Crippen molar-refractivity contribution < 1.29 is 14.3 Å². The van der Waals surface area contributed by atoms with Crippen LogP contribution in [0.2, 0.25) is 15.1 Å². The van der Waals surface area contributed by atoms with Gasteiger partial charge in [-0.25, -0.2) is 0 Å². The predicted molar refractivity (Wildman–Crippen MR) is 106 cm³/mol. The fourth-order valence-electron chi connectivity index (χ4n) is 2.41. The Morgan fingerprint density at radius 1 is 1.08 bits per heavy atom. The maximum absolute atomic E-state index is 12.4. The molecule has 0 spiro atoms. The van der Waals surface area contributed by atoms with Gasteiger partial charge >= 0.3 is 0 Å². The monoisotopic (exact) mass is 416 g/mol. The van der Waals surface area contributed by atoms with E-state index < -0.39 is 0 Å². The van der Waals surface area contributed by atoms with Crippen molar-refractivity contribution in [1.82, 2.24) is 4.90 Å². The van der Waals surface area contributed by atoms with Crippen LogP contribution in [0.1, 0.15) is 5.56 Å². The Labute approximate surface area is 167 Å². The lowest BCUT2D eigenvalue weighted by Gasteiger charge is -2.18. The third kappa shape index (κ3) is 5.17. The number of amides is 1. The lowest BCUT2D eigenvalue weighted by Crippen LogP contribution is -2.30. The quantitative estimate of drug-likeness (QED) is 0.707. The van der Waals surface area contributed by atoms with Gasteiger partial charge in [-0.2, -0.15) is 0 Å². The largest absolute Gasteiger partial charge is 0.495 e. The van der Waals surface area contributed by atoms with Crippen LogP contribution in [0, 0.1) is 0 Å². The van der Waals surface area contributed by atoms with Crippen LogP contribution in [-0.4, -0.2) is 38.6 Å². The second kappa shape index (κ2) is 9.33. The molecular formula is C18H19Cl3N2O3. The smallest absolute Gasteiger partial charge is 0.238 e. The highest BCUT2D eigenvalue weighted by atomic mass is 35.5. The summed E-state index contributed by atoms with van der Waals surface area (Å²) >= 11 is 18.3. The van der Waals surface area contributed by atoms with E-state index in [2.05, 4.69) is 5.32 Å². The van der Waals surface area contributed by atoms with Crippen LogP contribution in [0.3, 0.4) is 0 Å². The first-order valence-electron chi connectivity index (χ1n) is 7.68. The summed E-state index contributed by atoms with van der Waals surface area (Å²) in [5.74, 6) is 0.708. The Balaban J connectivity index is 2.04. The van der Waals surface area contributed by atoms with E-state index in [1.165, 1.54) is 14.2 Å². The molecule has 0 atom stereocenters. The first-order chi connectivity index (χ1) is 12.3. The summed E-state index contributed by atoms with van der Waals surface area (Å²) in [4.78, 5) is 14.2. The fraction of sp³-hybridized carbons (Fsp3) is 0.278. The molecule has 5 nitrogen and oxygen atoms in total. The summed E-state index contributed by atoms with van der Waals surface area (Å²) in [5, 5.41) is 4.15. The third-order valence-electron chi connectivity index (χ3n) is 3.63. The van der Waals surface area contributed by atoms with E-state index in [0.29, 0.717) is 38.8 Å². The highest BCUT2D eigenvalue weighted by Gasteiger charge is 2.15. The summed E-state index contributed by atoms with van der Waals surface area (Å²) in [7, 11) is 4.83. The molecule has 8 heteroatoms. The molecule has 2 aromatic rings. The van der Waals surface area contributed by atoms with Crippen molar-refractivity contribution in [3.05, 3.63) is 51.0 Å². The van der Waals surface area contributed by atoms with Crippen LogP contribution >= 0.6 is 34.8 Å². The van der Waals surface area contributed by atoms with Gasteiger partial charge in [0.2, 0.25) is 5.91 Å². The summed E-state index contributed by atoms with van der Waals surface area (Å²) in [6.07, 6.45) is 0. The molecular weight excluding hydrogens is 399 g/mol. The number of benzene rings is 2. The Bertz CT molecular complexity index is 799. The van der Waals surface area contributed by atoms with Crippen molar-refractivity contribution in [1.29, 1.82) is 0 Å². The highest BCUT2D eigenvalue weighted by molar-refractivity contribution is 6.42. The maximum Gasteiger partial charge on any atom is 0.238 e. The minimum atomic E-state index is -0.217. The number of nitrogens with zero attached hydrogens (tertiary/aromatic N) is 1. The number of rotatable bonds is 7. The first-order valence-corrected chi connectivity index (χ1v) is 8.82. The summed E-state index contributed by atoms with van der Waals surface area (Å²) in [5.41, 5.74) is 1.32. The van der Waals surface area contributed by atoms with Crippen molar-refractivity contribution in [2.45, 2.75) is 6.54 Å². The van der Waals surface area contributed by atoms with Gasteiger partial charge in [-0.3, -0.25) is 9.69 Å². The van der Waals surface area contributed by atoms with Gasteiger partial charge in [0.05, 0.1) is 41.5 Å². The Morgan fingerprint density at radius 3 is 2.42 bits per heavy atom. The van der Waals surface area contributed by atoms with E-state index in [-0.39, 0.29) is 12.5 Å². The topological polar surface area (TPSA) is 50.8 Å². The molecule has 0 saturated heterocycles. The van der Waals surface area contributed by atoms with E-state index in [9.17, 15) is 4.79 Å². The average molecular weight is 418 g/mol. The number of hydrogen-bond acceptors (Lipinski definition) is 4. The van der Waals surface area contributed by atoms with Gasteiger partial charge in [0.25, 0.3) is 0 Å². The van der Waals surface area contributed by atoms with Crippen molar-refractivity contribution in [2.24, 2.45) is 0 Å². The molecule has 2 rings (SSSR count). The molecule has 2 aromatic carbocycles. The average Bonchev–Trinajstić information content (AvgIpc) is 2.59. The molecule has 0 radical (unpaired) electrons. The number of methoxy groups -OCH3 is 2. The fourth-order valence-corrected chi connectivity index (χ4v) is 3.03. The zero-order valence-corrected chi connectivity index (χ0v) is 16.9. The molecule has 0 aliphatic rings. The molecule has 1 amide bonds. The molecule has 0 bridgehead atoms.